The van der Waals surface area contributed by atoms with Gasteiger partial charge in [0.15, 0.2) is 0 Å². The third-order valence-electron chi connectivity index (χ3n) is 10.7. The Balaban J connectivity index is 1.21. The fourth-order valence-electron chi connectivity index (χ4n) is 8.13. The van der Waals surface area contributed by atoms with Crippen molar-refractivity contribution in [2.75, 3.05) is 4.90 Å². The Labute approximate surface area is 307 Å². The van der Waals surface area contributed by atoms with E-state index in [0.717, 1.165) is 17.1 Å². The molecule has 0 radical (unpaired) electrons. The lowest BCUT2D eigenvalue weighted by Crippen LogP contribution is -2.14. The Morgan fingerprint density at radius 2 is 0.827 bits per heavy atom. The first-order valence-electron chi connectivity index (χ1n) is 18.1. The molecule has 0 aromatic heterocycles. The van der Waals surface area contributed by atoms with E-state index in [4.69, 9.17) is 0 Å². The smallest absolute Gasteiger partial charge is 0.0546 e. The summed E-state index contributed by atoms with van der Waals surface area (Å²) >= 11 is 0. The van der Waals surface area contributed by atoms with Crippen LogP contribution >= 0.6 is 0 Å². The van der Waals surface area contributed by atoms with Crippen molar-refractivity contribution in [3.8, 4) is 55.6 Å². The van der Waals surface area contributed by atoms with E-state index in [-0.39, 0.29) is 5.41 Å². The molecule has 0 saturated heterocycles. The molecule has 0 fully saturated rings. The van der Waals surface area contributed by atoms with Gasteiger partial charge in [0.1, 0.15) is 0 Å². The molecule has 0 N–H and O–H groups in total. The average Bonchev–Trinajstić information content (AvgIpc) is 3.44. The molecule has 8 aromatic carbocycles. The van der Waals surface area contributed by atoms with Crippen molar-refractivity contribution in [2.45, 2.75) is 19.3 Å². The molecule has 1 aliphatic rings. The van der Waals surface area contributed by atoms with Crippen molar-refractivity contribution in [3.63, 3.8) is 0 Å². The van der Waals surface area contributed by atoms with E-state index in [0.29, 0.717) is 0 Å². The molecular weight excluding hydrogens is 627 g/mol. The number of hydrogen-bond donors (Lipinski definition) is 0. The summed E-state index contributed by atoms with van der Waals surface area (Å²) in [6.45, 7) is 4.69. The lowest BCUT2D eigenvalue weighted by Gasteiger charge is -2.30. The van der Waals surface area contributed by atoms with Crippen LogP contribution in [0.4, 0.5) is 17.1 Å². The molecule has 1 aliphatic carbocycles. The monoisotopic (exact) mass is 665 g/mol. The largest absolute Gasteiger partial charge is 0.310 e. The van der Waals surface area contributed by atoms with Gasteiger partial charge in [0.2, 0.25) is 0 Å². The molecule has 0 heterocycles. The second-order valence-electron chi connectivity index (χ2n) is 14.1. The third-order valence-corrected chi connectivity index (χ3v) is 10.7. The van der Waals surface area contributed by atoms with E-state index < -0.39 is 0 Å². The first kappa shape index (κ1) is 31.5. The number of benzene rings is 8. The fourth-order valence-corrected chi connectivity index (χ4v) is 8.13. The van der Waals surface area contributed by atoms with E-state index in [2.05, 4.69) is 219 Å². The van der Waals surface area contributed by atoms with E-state index in [1.54, 1.807) is 0 Å². The van der Waals surface area contributed by atoms with Crippen molar-refractivity contribution >= 4 is 17.1 Å². The van der Waals surface area contributed by atoms with Gasteiger partial charge in [0.25, 0.3) is 0 Å². The van der Waals surface area contributed by atoms with Crippen LogP contribution in [0.25, 0.3) is 55.6 Å². The number of anilines is 3. The number of fused-ring (bicyclic) bond motifs is 3. The molecule has 248 valence electrons. The summed E-state index contributed by atoms with van der Waals surface area (Å²) in [6, 6.07) is 72.7. The van der Waals surface area contributed by atoms with Crippen LogP contribution in [0.1, 0.15) is 25.0 Å². The van der Waals surface area contributed by atoms with E-state index in [1.165, 1.54) is 66.8 Å². The minimum absolute atomic E-state index is 0.0395. The van der Waals surface area contributed by atoms with Gasteiger partial charge in [-0.25, -0.2) is 0 Å². The average molecular weight is 666 g/mol. The molecule has 0 amide bonds. The van der Waals surface area contributed by atoms with Crippen LogP contribution in [0, 0.1) is 0 Å². The summed E-state index contributed by atoms with van der Waals surface area (Å²) < 4.78 is 0. The standard InChI is InChI=1S/C51H39N/c1-51(2)47-27-15-14-24-44(47)45-34-31-39(35-48(45)51)36-29-32-41(33-30-36)52(40-21-10-5-11-22-40)49-28-16-26-43(38-19-8-4-9-20-38)50(49)46-25-13-12-23-42(46)37-17-6-3-7-18-37/h3-35H,1-2H3. The molecule has 0 aliphatic heterocycles. The minimum atomic E-state index is -0.0395. The van der Waals surface area contributed by atoms with Crippen molar-refractivity contribution in [1.29, 1.82) is 0 Å². The van der Waals surface area contributed by atoms with Crippen LogP contribution in [0.5, 0.6) is 0 Å². The Hall–Kier alpha value is -6.44. The summed E-state index contributed by atoms with van der Waals surface area (Å²) in [4.78, 5) is 2.41. The molecular formula is C51H39N. The molecule has 0 spiro atoms. The molecule has 9 rings (SSSR count). The van der Waals surface area contributed by atoms with Gasteiger partial charge in [0, 0.05) is 22.4 Å². The molecule has 52 heavy (non-hydrogen) atoms. The maximum Gasteiger partial charge on any atom is 0.0546 e. The van der Waals surface area contributed by atoms with E-state index in [1.807, 2.05) is 0 Å². The number of rotatable bonds is 7. The number of para-hydroxylation sites is 1. The zero-order valence-corrected chi connectivity index (χ0v) is 29.5. The maximum absolute atomic E-state index is 2.41. The highest BCUT2D eigenvalue weighted by Gasteiger charge is 2.35. The van der Waals surface area contributed by atoms with Gasteiger partial charge in [0.05, 0.1) is 5.69 Å². The van der Waals surface area contributed by atoms with E-state index in [9.17, 15) is 0 Å². The summed E-state index contributed by atoms with van der Waals surface area (Å²) in [5, 5.41) is 0. The van der Waals surface area contributed by atoms with Crippen LogP contribution in [0.3, 0.4) is 0 Å². The summed E-state index contributed by atoms with van der Waals surface area (Å²) in [5.41, 5.74) is 18.4. The highest BCUT2D eigenvalue weighted by molar-refractivity contribution is 6.01. The van der Waals surface area contributed by atoms with Gasteiger partial charge in [-0.05, 0) is 97.6 Å². The zero-order valence-electron chi connectivity index (χ0n) is 29.5. The van der Waals surface area contributed by atoms with Crippen molar-refractivity contribution in [1.82, 2.24) is 0 Å². The summed E-state index contributed by atoms with van der Waals surface area (Å²) in [6.07, 6.45) is 0. The maximum atomic E-state index is 2.41. The van der Waals surface area contributed by atoms with Crippen molar-refractivity contribution in [2.24, 2.45) is 0 Å². The van der Waals surface area contributed by atoms with Gasteiger partial charge in [-0.1, -0.05) is 178 Å². The fraction of sp³-hybridized carbons (Fsp3) is 0.0588. The Morgan fingerprint density at radius 1 is 0.327 bits per heavy atom. The molecule has 1 nitrogen and oxygen atoms in total. The van der Waals surface area contributed by atoms with Crippen molar-refractivity contribution in [3.05, 3.63) is 211 Å². The van der Waals surface area contributed by atoms with Crippen LogP contribution < -0.4 is 4.90 Å². The predicted octanol–water partition coefficient (Wildman–Crippen LogP) is 14.1. The first-order chi connectivity index (χ1) is 25.6. The Kier molecular flexibility index (Phi) is 7.90. The number of nitrogens with zero attached hydrogens (tertiary/aromatic N) is 1. The summed E-state index contributed by atoms with van der Waals surface area (Å²) in [5.74, 6) is 0. The highest BCUT2D eigenvalue weighted by atomic mass is 15.1. The Bertz CT molecular complexity index is 2510. The molecule has 0 unspecified atom stereocenters. The third kappa shape index (κ3) is 5.43. The lowest BCUT2D eigenvalue weighted by atomic mass is 9.81. The lowest BCUT2D eigenvalue weighted by molar-refractivity contribution is 0.660. The Morgan fingerprint density at radius 3 is 1.52 bits per heavy atom. The normalized spacial score (nSPS) is 12.6. The molecule has 1 heteroatoms. The number of hydrogen-bond acceptors (Lipinski definition) is 1. The van der Waals surface area contributed by atoms with Gasteiger partial charge < -0.3 is 4.90 Å². The summed E-state index contributed by atoms with van der Waals surface area (Å²) in [7, 11) is 0. The topological polar surface area (TPSA) is 3.24 Å². The molecule has 0 atom stereocenters. The van der Waals surface area contributed by atoms with Crippen LogP contribution in [0.15, 0.2) is 200 Å². The van der Waals surface area contributed by atoms with E-state index >= 15 is 0 Å². The quantitative estimate of drug-likeness (QED) is 0.164. The van der Waals surface area contributed by atoms with Crippen molar-refractivity contribution < 1.29 is 0 Å². The SMILES string of the molecule is CC1(C)c2ccccc2-c2ccc(-c3ccc(N(c4ccccc4)c4cccc(-c5ccccc5)c4-c4ccccc4-c4ccccc4)cc3)cc21. The zero-order chi connectivity index (χ0) is 35.1. The van der Waals surface area contributed by atoms with Gasteiger partial charge >= 0.3 is 0 Å². The van der Waals surface area contributed by atoms with Crippen LogP contribution in [-0.2, 0) is 5.41 Å². The molecule has 0 saturated carbocycles. The first-order valence-corrected chi connectivity index (χ1v) is 18.1. The second kappa shape index (κ2) is 13.0. The van der Waals surface area contributed by atoms with Gasteiger partial charge in [-0.3, -0.25) is 0 Å². The highest BCUT2D eigenvalue weighted by Crippen LogP contribution is 2.50. The predicted molar refractivity (Wildman–Crippen MR) is 220 cm³/mol. The molecule has 8 aromatic rings. The van der Waals surface area contributed by atoms with Gasteiger partial charge in [-0.15, -0.1) is 0 Å². The van der Waals surface area contributed by atoms with Crippen LogP contribution in [0.2, 0.25) is 0 Å². The minimum Gasteiger partial charge on any atom is -0.310 e. The second-order valence-corrected chi connectivity index (χ2v) is 14.1. The van der Waals surface area contributed by atoms with Gasteiger partial charge in [-0.2, -0.15) is 0 Å². The van der Waals surface area contributed by atoms with Crippen LogP contribution in [-0.4, -0.2) is 0 Å². The molecule has 0 bridgehead atoms.